The predicted octanol–water partition coefficient (Wildman–Crippen LogP) is 2.70. The van der Waals surface area contributed by atoms with E-state index >= 15 is 0 Å². The van der Waals surface area contributed by atoms with Crippen LogP contribution in [0.2, 0.25) is 0 Å². The summed E-state index contributed by atoms with van der Waals surface area (Å²) >= 11 is 0. The van der Waals surface area contributed by atoms with Gasteiger partial charge in [-0.25, -0.2) is 13.8 Å². The van der Waals surface area contributed by atoms with Gasteiger partial charge in [0.2, 0.25) is 0 Å². The third kappa shape index (κ3) is 2.51. The Morgan fingerprint density at radius 2 is 2.00 bits per heavy atom. The van der Waals surface area contributed by atoms with Crippen LogP contribution in [0, 0.1) is 24.5 Å². The average Bonchev–Trinajstić information content (AvgIpc) is 3.30. The monoisotopic (exact) mass is 372 g/mol. The van der Waals surface area contributed by atoms with Crippen LogP contribution < -0.4 is 0 Å². The van der Waals surface area contributed by atoms with Crippen LogP contribution in [0.5, 0.6) is 0 Å². The zero-order chi connectivity index (χ0) is 18.7. The first-order valence-electron chi connectivity index (χ1n) is 9.55. The fraction of sp³-hybridized carbons (Fsp3) is 0.500. The maximum Gasteiger partial charge on any atom is 0.289 e. The molecule has 5 heterocycles. The Morgan fingerprint density at radius 1 is 1.22 bits per heavy atom. The van der Waals surface area contributed by atoms with Crippen molar-refractivity contribution in [3.8, 4) is 0 Å². The number of fused-ring (bicyclic) bond motifs is 2. The van der Waals surface area contributed by atoms with Crippen molar-refractivity contribution in [3.63, 3.8) is 0 Å². The summed E-state index contributed by atoms with van der Waals surface area (Å²) in [6, 6.07) is 4.42. The summed E-state index contributed by atoms with van der Waals surface area (Å²) < 4.78 is 28.5. The van der Waals surface area contributed by atoms with E-state index in [9.17, 15) is 13.6 Å². The van der Waals surface area contributed by atoms with E-state index < -0.39 is 11.6 Å². The first kappa shape index (κ1) is 16.9. The lowest BCUT2D eigenvalue weighted by Gasteiger charge is -2.51. The number of carbonyl (C=O) groups is 1. The van der Waals surface area contributed by atoms with Crippen molar-refractivity contribution < 1.29 is 13.6 Å². The summed E-state index contributed by atoms with van der Waals surface area (Å²) in [4.78, 5) is 24.6. The second-order valence-electron chi connectivity index (χ2n) is 7.98. The van der Waals surface area contributed by atoms with Gasteiger partial charge in [0.15, 0.2) is 17.5 Å². The molecule has 0 saturated carbocycles. The molecule has 1 N–H and O–H groups in total. The molecular weight excluding hydrogens is 350 g/mol. The van der Waals surface area contributed by atoms with Crippen molar-refractivity contribution in [3.05, 3.63) is 53.1 Å². The van der Waals surface area contributed by atoms with E-state index in [0.717, 1.165) is 37.7 Å². The summed E-state index contributed by atoms with van der Waals surface area (Å²) in [5.74, 6) is -1.26. The third-order valence-electron chi connectivity index (χ3n) is 6.54. The van der Waals surface area contributed by atoms with Crippen LogP contribution in [0.15, 0.2) is 24.4 Å². The van der Waals surface area contributed by atoms with Crippen LogP contribution in [0.4, 0.5) is 8.78 Å². The van der Waals surface area contributed by atoms with Gasteiger partial charge < -0.3 is 9.88 Å². The summed E-state index contributed by atoms with van der Waals surface area (Å²) in [5, 5.41) is 0. The number of amides is 1. The molecule has 2 bridgehead atoms. The van der Waals surface area contributed by atoms with Crippen LogP contribution >= 0.6 is 0 Å². The fourth-order valence-electron chi connectivity index (χ4n) is 5.39. The summed E-state index contributed by atoms with van der Waals surface area (Å²) in [6.45, 7) is 4.17. The molecule has 6 rings (SSSR count). The van der Waals surface area contributed by atoms with Crippen molar-refractivity contribution in [1.29, 1.82) is 0 Å². The van der Waals surface area contributed by atoms with Crippen LogP contribution in [0.25, 0.3) is 0 Å². The van der Waals surface area contributed by atoms with Crippen LogP contribution in [-0.2, 0) is 0 Å². The Kier molecular flexibility index (Phi) is 3.82. The molecule has 142 valence electrons. The molecule has 4 aliphatic rings. The topological polar surface area (TPSA) is 52.2 Å². The van der Waals surface area contributed by atoms with Gasteiger partial charge in [0, 0.05) is 30.4 Å². The molecule has 3 atom stereocenters. The van der Waals surface area contributed by atoms with Gasteiger partial charge in [0.05, 0.1) is 6.04 Å². The van der Waals surface area contributed by atoms with Gasteiger partial charge in [0.1, 0.15) is 0 Å². The van der Waals surface area contributed by atoms with Gasteiger partial charge in [-0.15, -0.1) is 0 Å². The van der Waals surface area contributed by atoms with E-state index in [1.54, 1.807) is 18.3 Å². The molecule has 0 spiro atoms. The number of hydrogen-bond donors (Lipinski definition) is 1. The predicted molar refractivity (Wildman–Crippen MR) is 95.3 cm³/mol. The van der Waals surface area contributed by atoms with E-state index in [2.05, 4.69) is 14.9 Å². The van der Waals surface area contributed by atoms with E-state index in [4.69, 9.17) is 0 Å². The minimum atomic E-state index is -0.827. The van der Waals surface area contributed by atoms with Crippen molar-refractivity contribution >= 4 is 5.91 Å². The van der Waals surface area contributed by atoms with Gasteiger partial charge >= 0.3 is 0 Å². The maximum atomic E-state index is 14.6. The number of aromatic nitrogens is 2. The summed E-state index contributed by atoms with van der Waals surface area (Å²) in [5.41, 5.74) is 1.21. The smallest absolute Gasteiger partial charge is 0.289 e. The average molecular weight is 372 g/mol. The highest BCUT2D eigenvalue weighted by molar-refractivity contribution is 5.91. The summed E-state index contributed by atoms with van der Waals surface area (Å²) in [6.07, 6.45) is 3.72. The number of nitrogens with one attached hydrogen (secondary N) is 1. The zero-order valence-corrected chi connectivity index (χ0v) is 15.2. The van der Waals surface area contributed by atoms with E-state index in [1.807, 2.05) is 11.8 Å². The molecular formula is C20H22F2N4O. The number of halogens is 2. The molecule has 0 unspecified atom stereocenters. The van der Waals surface area contributed by atoms with Gasteiger partial charge in [-0.2, -0.15) is 0 Å². The Bertz CT molecular complexity index is 890. The zero-order valence-electron chi connectivity index (χ0n) is 15.2. The van der Waals surface area contributed by atoms with Crippen LogP contribution in [0.1, 0.15) is 40.6 Å². The second-order valence-corrected chi connectivity index (χ2v) is 7.98. The number of likely N-dealkylation sites (tertiary alicyclic amines) is 1. The Hall–Kier alpha value is -2.28. The number of aryl methyl sites for hydroxylation is 1. The number of nitrogens with zero attached hydrogens (tertiary/aromatic N) is 3. The molecule has 0 aliphatic carbocycles. The van der Waals surface area contributed by atoms with Crippen molar-refractivity contribution in [2.45, 2.75) is 37.8 Å². The number of benzene rings is 1. The minimum absolute atomic E-state index is 0.0260. The molecule has 4 saturated heterocycles. The Morgan fingerprint density at radius 3 is 2.70 bits per heavy atom. The van der Waals surface area contributed by atoms with Gasteiger partial charge in [-0.1, -0.05) is 12.1 Å². The molecule has 0 radical (unpaired) electrons. The summed E-state index contributed by atoms with van der Waals surface area (Å²) in [7, 11) is 0. The molecule has 7 heteroatoms. The number of imidazole rings is 1. The van der Waals surface area contributed by atoms with Gasteiger partial charge in [-0.3, -0.25) is 9.69 Å². The van der Waals surface area contributed by atoms with E-state index in [-0.39, 0.29) is 23.9 Å². The quantitative estimate of drug-likeness (QED) is 0.882. The van der Waals surface area contributed by atoms with Gasteiger partial charge in [0.25, 0.3) is 5.91 Å². The normalized spacial score (nSPS) is 32.0. The molecule has 4 aliphatic heterocycles. The lowest BCUT2D eigenvalue weighted by atomic mass is 9.75. The fourth-order valence-corrected chi connectivity index (χ4v) is 5.39. The number of piperidine rings is 3. The lowest BCUT2D eigenvalue weighted by molar-refractivity contribution is -0.00392. The Labute approximate surface area is 156 Å². The van der Waals surface area contributed by atoms with Gasteiger partial charge in [-0.05, 0) is 50.4 Å². The highest BCUT2D eigenvalue weighted by Gasteiger charge is 2.55. The lowest BCUT2D eigenvalue weighted by Crippen LogP contribution is -2.60. The second kappa shape index (κ2) is 6.12. The largest absolute Gasteiger partial charge is 0.338 e. The first-order chi connectivity index (χ1) is 13.0. The molecule has 5 nitrogen and oxygen atoms in total. The van der Waals surface area contributed by atoms with Crippen LogP contribution in [-0.4, -0.2) is 57.4 Å². The SMILES string of the molecule is Cc1cnc(C(=O)N2C[C@H](c3cccc(F)c3F)[C@H]3[C@@H]2C2CCN3CC2)[nH]1. The molecule has 2 aromatic rings. The molecule has 1 aromatic heterocycles. The van der Waals surface area contributed by atoms with Crippen LogP contribution in [0.3, 0.4) is 0 Å². The molecule has 1 amide bonds. The number of carbonyl (C=O) groups excluding carboxylic acids is 1. The molecule has 1 aromatic carbocycles. The van der Waals surface area contributed by atoms with E-state index in [1.165, 1.54) is 0 Å². The van der Waals surface area contributed by atoms with Crippen molar-refractivity contribution in [1.82, 2.24) is 19.8 Å². The highest BCUT2D eigenvalue weighted by Crippen LogP contribution is 2.47. The number of hydrogen-bond acceptors (Lipinski definition) is 3. The standard InChI is InChI=1S/C20H22F2N4O/c1-11-9-23-19(24-11)20(27)26-10-14(13-3-2-4-15(21)16(13)22)18-17(26)12-5-7-25(18)8-6-12/h2-4,9,12,14,17-18H,5-8,10H2,1H3,(H,23,24)/t14-,17+,18+/m1/s1. The third-order valence-corrected chi connectivity index (χ3v) is 6.54. The highest BCUT2D eigenvalue weighted by atomic mass is 19.2. The maximum absolute atomic E-state index is 14.6. The Balaban J connectivity index is 1.56. The number of rotatable bonds is 2. The molecule has 4 fully saturated rings. The van der Waals surface area contributed by atoms with Crippen molar-refractivity contribution in [2.24, 2.45) is 5.92 Å². The van der Waals surface area contributed by atoms with Crippen molar-refractivity contribution in [2.75, 3.05) is 19.6 Å². The number of H-pyrrole nitrogens is 1. The van der Waals surface area contributed by atoms with E-state index in [0.29, 0.717) is 23.9 Å². The minimum Gasteiger partial charge on any atom is -0.338 e. The number of aromatic amines is 1. The molecule has 27 heavy (non-hydrogen) atoms. The first-order valence-corrected chi connectivity index (χ1v) is 9.55.